The summed E-state index contributed by atoms with van der Waals surface area (Å²) in [6.45, 7) is 5.94. The van der Waals surface area contributed by atoms with Crippen LogP contribution in [0.1, 0.15) is 47.0 Å². The Morgan fingerprint density at radius 3 is 2.21 bits per heavy atom. The van der Waals surface area contributed by atoms with E-state index in [4.69, 9.17) is 9.47 Å². The minimum Gasteiger partial charge on any atom is -0.465 e. The second kappa shape index (κ2) is 7.56. The monoisotopic (exact) mass is 337 g/mol. The quantitative estimate of drug-likeness (QED) is 0.534. The van der Waals surface area contributed by atoms with Gasteiger partial charge in [0.25, 0.3) is 0 Å². The first kappa shape index (κ1) is 19.8. The standard InChI is InChI=1S/C17H23NO6/c1-5-23-14(21)16(4)12(9-11(3)19)17(10-18,8-7-13(16)20)15(22)24-6-2/h12H,5-9H2,1-4H3/t12-,16-,17+/m0/s1. The van der Waals surface area contributed by atoms with Crippen LogP contribution in [0.2, 0.25) is 0 Å². The van der Waals surface area contributed by atoms with Gasteiger partial charge in [-0.15, -0.1) is 0 Å². The molecule has 1 saturated carbocycles. The van der Waals surface area contributed by atoms with Crippen LogP contribution >= 0.6 is 0 Å². The molecule has 0 saturated heterocycles. The Hall–Kier alpha value is -2.23. The van der Waals surface area contributed by atoms with Gasteiger partial charge in [-0.25, -0.2) is 0 Å². The van der Waals surface area contributed by atoms with Crippen molar-refractivity contribution in [3.63, 3.8) is 0 Å². The molecule has 1 fully saturated rings. The van der Waals surface area contributed by atoms with Crippen molar-refractivity contribution in [3.8, 4) is 6.07 Å². The number of esters is 2. The van der Waals surface area contributed by atoms with Crippen molar-refractivity contribution in [3.05, 3.63) is 0 Å². The second-order valence-electron chi connectivity index (χ2n) is 6.11. The van der Waals surface area contributed by atoms with Gasteiger partial charge in [-0.2, -0.15) is 5.26 Å². The molecule has 0 heterocycles. The highest BCUT2D eigenvalue weighted by atomic mass is 16.5. The zero-order chi connectivity index (χ0) is 18.5. The molecule has 0 bridgehead atoms. The summed E-state index contributed by atoms with van der Waals surface area (Å²) < 4.78 is 10.0. The van der Waals surface area contributed by atoms with Gasteiger partial charge in [-0.05, 0) is 34.1 Å². The minimum atomic E-state index is -1.73. The maximum atomic E-state index is 12.5. The van der Waals surface area contributed by atoms with Gasteiger partial charge in [-0.1, -0.05) is 0 Å². The van der Waals surface area contributed by atoms with Crippen LogP contribution in [0.4, 0.5) is 0 Å². The first-order valence-corrected chi connectivity index (χ1v) is 7.99. The van der Waals surface area contributed by atoms with Crippen LogP contribution in [-0.4, -0.2) is 36.7 Å². The van der Waals surface area contributed by atoms with Gasteiger partial charge in [0.2, 0.25) is 0 Å². The number of ketones is 2. The van der Waals surface area contributed by atoms with Crippen molar-refractivity contribution in [2.45, 2.75) is 47.0 Å². The highest BCUT2D eigenvalue weighted by Crippen LogP contribution is 2.52. The van der Waals surface area contributed by atoms with Gasteiger partial charge in [0.1, 0.15) is 17.0 Å². The maximum Gasteiger partial charge on any atom is 0.326 e. The van der Waals surface area contributed by atoms with Gasteiger partial charge < -0.3 is 14.3 Å². The Morgan fingerprint density at radius 1 is 1.21 bits per heavy atom. The molecular formula is C17H23NO6. The predicted molar refractivity (Wildman–Crippen MR) is 82.4 cm³/mol. The molecule has 0 N–H and O–H groups in total. The van der Waals surface area contributed by atoms with Crippen LogP contribution in [0.5, 0.6) is 0 Å². The van der Waals surface area contributed by atoms with E-state index in [1.807, 2.05) is 6.07 Å². The van der Waals surface area contributed by atoms with E-state index in [1.165, 1.54) is 13.8 Å². The van der Waals surface area contributed by atoms with E-state index in [2.05, 4.69) is 0 Å². The number of carbonyl (C=O) groups is 4. The summed E-state index contributed by atoms with van der Waals surface area (Å²) in [5.41, 5.74) is -3.46. The number of hydrogen-bond donors (Lipinski definition) is 0. The highest BCUT2D eigenvalue weighted by molar-refractivity contribution is 6.06. The Morgan fingerprint density at radius 2 is 1.75 bits per heavy atom. The second-order valence-corrected chi connectivity index (χ2v) is 6.11. The third-order valence-corrected chi connectivity index (χ3v) is 4.65. The maximum absolute atomic E-state index is 12.5. The first-order valence-electron chi connectivity index (χ1n) is 7.99. The highest BCUT2D eigenvalue weighted by Gasteiger charge is 2.64. The van der Waals surface area contributed by atoms with E-state index in [0.29, 0.717) is 0 Å². The molecule has 132 valence electrons. The number of rotatable bonds is 6. The molecule has 0 aromatic carbocycles. The Kier molecular flexibility index (Phi) is 6.24. The average Bonchev–Trinajstić information content (AvgIpc) is 2.52. The molecule has 24 heavy (non-hydrogen) atoms. The van der Waals surface area contributed by atoms with Crippen molar-refractivity contribution in [1.29, 1.82) is 5.26 Å². The topological polar surface area (TPSA) is 111 Å². The smallest absolute Gasteiger partial charge is 0.326 e. The summed E-state index contributed by atoms with van der Waals surface area (Å²) in [6.07, 6.45) is -0.461. The predicted octanol–water partition coefficient (Wildman–Crippen LogP) is 1.59. The molecule has 7 nitrogen and oxygen atoms in total. The fourth-order valence-electron chi connectivity index (χ4n) is 3.32. The minimum absolute atomic E-state index is 0.0491. The number of carbonyl (C=O) groups excluding carboxylic acids is 4. The van der Waals surface area contributed by atoms with Crippen LogP contribution in [0.3, 0.4) is 0 Å². The van der Waals surface area contributed by atoms with Crippen LogP contribution in [-0.2, 0) is 28.7 Å². The normalized spacial score (nSPS) is 29.5. The third kappa shape index (κ3) is 3.18. The van der Waals surface area contributed by atoms with Gasteiger partial charge in [-0.3, -0.25) is 14.4 Å². The summed E-state index contributed by atoms with van der Waals surface area (Å²) in [7, 11) is 0. The Balaban J connectivity index is 3.53. The number of nitrogens with zero attached hydrogens (tertiary/aromatic N) is 1. The molecule has 0 spiro atoms. The van der Waals surface area contributed by atoms with Crippen LogP contribution in [0, 0.1) is 28.1 Å². The van der Waals surface area contributed by atoms with Crippen LogP contribution in [0.25, 0.3) is 0 Å². The number of hydrogen-bond acceptors (Lipinski definition) is 7. The molecule has 0 aromatic rings. The third-order valence-electron chi connectivity index (χ3n) is 4.65. The SMILES string of the molecule is CCOC(=O)[C@]1(C)C(=O)CC[C@](C#N)(C(=O)OCC)[C@H]1CC(C)=O. The largest absolute Gasteiger partial charge is 0.465 e. The van der Waals surface area contributed by atoms with Crippen molar-refractivity contribution in [1.82, 2.24) is 0 Å². The zero-order valence-electron chi connectivity index (χ0n) is 14.5. The van der Waals surface area contributed by atoms with Gasteiger partial charge >= 0.3 is 11.9 Å². The van der Waals surface area contributed by atoms with Crippen LogP contribution in [0.15, 0.2) is 0 Å². The summed E-state index contributed by atoms with van der Waals surface area (Å²) in [4.78, 5) is 49.3. The molecule has 1 rings (SSSR count). The van der Waals surface area contributed by atoms with E-state index in [-0.39, 0.29) is 38.3 Å². The van der Waals surface area contributed by atoms with Gasteiger partial charge in [0, 0.05) is 18.8 Å². The molecule has 7 heteroatoms. The van der Waals surface area contributed by atoms with E-state index >= 15 is 0 Å². The lowest BCUT2D eigenvalue weighted by Gasteiger charge is -2.45. The molecule has 0 aromatic heterocycles. The lowest BCUT2D eigenvalue weighted by atomic mass is 9.53. The summed E-state index contributed by atoms with van der Waals surface area (Å²) in [5.74, 6) is -3.49. The fraction of sp³-hybridized carbons (Fsp3) is 0.706. The van der Waals surface area contributed by atoms with Crippen LogP contribution < -0.4 is 0 Å². The van der Waals surface area contributed by atoms with Crippen molar-refractivity contribution >= 4 is 23.5 Å². The molecule has 0 aliphatic heterocycles. The van der Waals surface area contributed by atoms with E-state index < -0.39 is 34.5 Å². The van der Waals surface area contributed by atoms with E-state index in [9.17, 15) is 24.4 Å². The van der Waals surface area contributed by atoms with Crippen molar-refractivity contribution < 1.29 is 28.7 Å². The average molecular weight is 337 g/mol. The van der Waals surface area contributed by atoms with E-state index in [0.717, 1.165) is 0 Å². The molecule has 0 radical (unpaired) electrons. The molecule has 1 aliphatic rings. The first-order chi connectivity index (χ1) is 11.2. The van der Waals surface area contributed by atoms with Gasteiger partial charge in [0.15, 0.2) is 5.41 Å². The zero-order valence-corrected chi connectivity index (χ0v) is 14.5. The lowest BCUT2D eigenvalue weighted by molar-refractivity contribution is -0.177. The van der Waals surface area contributed by atoms with Crippen molar-refractivity contribution in [2.75, 3.05) is 13.2 Å². The molecule has 3 atom stereocenters. The number of nitriles is 1. The van der Waals surface area contributed by atoms with E-state index in [1.54, 1.807) is 13.8 Å². The molecule has 1 aliphatic carbocycles. The summed E-state index contributed by atoms with van der Waals surface area (Å²) in [5, 5.41) is 9.73. The summed E-state index contributed by atoms with van der Waals surface area (Å²) in [6, 6.07) is 1.94. The fourth-order valence-corrected chi connectivity index (χ4v) is 3.32. The Bertz CT molecular complexity index is 592. The van der Waals surface area contributed by atoms with Crippen molar-refractivity contribution in [2.24, 2.45) is 16.7 Å². The molecular weight excluding hydrogens is 314 g/mol. The molecule has 0 unspecified atom stereocenters. The summed E-state index contributed by atoms with van der Waals surface area (Å²) >= 11 is 0. The lowest BCUT2D eigenvalue weighted by Crippen LogP contribution is -2.58. The molecule has 0 amide bonds. The Labute approximate surface area is 141 Å². The number of ether oxygens (including phenoxy) is 2. The van der Waals surface area contributed by atoms with Gasteiger partial charge in [0.05, 0.1) is 19.3 Å². The number of Topliss-reactive ketones (excluding diaryl/α,β-unsaturated/α-hetero) is 2.